The number of H-pyrrole nitrogens is 1. The Hall–Kier alpha value is -2.03. The molecule has 2 heterocycles. The van der Waals surface area contributed by atoms with Gasteiger partial charge in [0.15, 0.2) is 0 Å². The van der Waals surface area contributed by atoms with E-state index in [4.69, 9.17) is 0 Å². The van der Waals surface area contributed by atoms with Crippen LogP contribution in [0.25, 0.3) is 0 Å². The van der Waals surface area contributed by atoms with Crippen LogP contribution in [0.1, 0.15) is 5.69 Å². The smallest absolute Gasteiger partial charge is 0.267 e. The standard InChI is InChI=1S/C7H8N6O2S/c1-5-6(4-10-11-5)16(14,15)13-7-8-2-3-9-12-7/h2-4H,1H3,(H,10,11)(H,8,12,13). The van der Waals surface area contributed by atoms with Crippen LogP contribution in [0, 0.1) is 6.92 Å². The first-order chi connectivity index (χ1) is 7.59. The SMILES string of the molecule is Cc1[nH]ncc1S(=O)(=O)Nc1nccnn1. The van der Waals surface area contributed by atoms with Gasteiger partial charge in [-0.3, -0.25) is 5.10 Å². The number of hydrogen-bond donors (Lipinski definition) is 2. The van der Waals surface area contributed by atoms with Crippen molar-refractivity contribution >= 4 is 16.0 Å². The molecule has 0 amide bonds. The summed E-state index contributed by atoms with van der Waals surface area (Å²) < 4.78 is 25.8. The first-order valence-electron chi connectivity index (χ1n) is 4.26. The molecule has 16 heavy (non-hydrogen) atoms. The van der Waals surface area contributed by atoms with Gasteiger partial charge in [-0.1, -0.05) is 0 Å². The molecule has 8 nitrogen and oxygen atoms in total. The van der Waals surface area contributed by atoms with Gasteiger partial charge in [-0.25, -0.2) is 18.1 Å². The van der Waals surface area contributed by atoms with Gasteiger partial charge in [-0.05, 0) is 6.92 Å². The third-order valence-corrected chi connectivity index (χ3v) is 3.22. The zero-order valence-electron chi connectivity index (χ0n) is 8.25. The van der Waals surface area contributed by atoms with E-state index in [1.165, 1.54) is 18.6 Å². The van der Waals surface area contributed by atoms with Gasteiger partial charge in [0.2, 0.25) is 0 Å². The fourth-order valence-corrected chi connectivity index (χ4v) is 2.16. The maximum Gasteiger partial charge on any atom is 0.267 e. The van der Waals surface area contributed by atoms with E-state index in [0.717, 1.165) is 0 Å². The zero-order valence-corrected chi connectivity index (χ0v) is 9.06. The summed E-state index contributed by atoms with van der Waals surface area (Å²) in [5, 5.41) is 13.2. The molecule has 84 valence electrons. The van der Waals surface area contributed by atoms with Crippen molar-refractivity contribution in [2.45, 2.75) is 11.8 Å². The molecule has 0 bridgehead atoms. The topological polar surface area (TPSA) is 114 Å². The Bertz CT molecular complexity index is 578. The predicted octanol–water partition coefficient (Wildman–Crippen LogP) is -0.296. The van der Waals surface area contributed by atoms with Gasteiger partial charge in [-0.2, -0.15) is 10.2 Å². The number of aryl methyl sites for hydroxylation is 1. The first-order valence-corrected chi connectivity index (χ1v) is 5.74. The van der Waals surface area contributed by atoms with Crippen molar-refractivity contribution in [1.82, 2.24) is 25.4 Å². The van der Waals surface area contributed by atoms with Crippen LogP contribution < -0.4 is 4.72 Å². The second-order valence-electron chi connectivity index (χ2n) is 2.93. The van der Waals surface area contributed by atoms with Crippen molar-refractivity contribution in [2.24, 2.45) is 0 Å². The summed E-state index contributed by atoms with van der Waals surface area (Å²) in [6, 6.07) is 0. The number of rotatable bonds is 3. The molecule has 0 saturated heterocycles. The minimum absolute atomic E-state index is 0.0555. The lowest BCUT2D eigenvalue weighted by molar-refractivity contribution is 0.600. The summed E-state index contributed by atoms with van der Waals surface area (Å²) in [6.07, 6.45) is 3.90. The average Bonchev–Trinajstić information content (AvgIpc) is 2.66. The van der Waals surface area contributed by atoms with Crippen LogP contribution in [-0.4, -0.2) is 33.8 Å². The summed E-state index contributed by atoms with van der Waals surface area (Å²) in [5.74, 6) is -0.0805. The van der Waals surface area contributed by atoms with E-state index in [2.05, 4.69) is 30.1 Å². The van der Waals surface area contributed by atoms with Gasteiger partial charge < -0.3 is 0 Å². The van der Waals surface area contributed by atoms with E-state index < -0.39 is 10.0 Å². The van der Waals surface area contributed by atoms with Crippen LogP contribution in [0.2, 0.25) is 0 Å². The Morgan fingerprint density at radius 2 is 2.19 bits per heavy atom. The predicted molar refractivity (Wildman–Crippen MR) is 54.0 cm³/mol. The Kier molecular flexibility index (Phi) is 2.52. The highest BCUT2D eigenvalue weighted by Gasteiger charge is 2.19. The summed E-state index contributed by atoms with van der Waals surface area (Å²) in [7, 11) is -3.71. The molecule has 0 aliphatic carbocycles. The first kappa shape index (κ1) is 10.5. The Balaban J connectivity index is 2.32. The third kappa shape index (κ3) is 1.98. The van der Waals surface area contributed by atoms with E-state index in [1.54, 1.807) is 6.92 Å². The normalized spacial score (nSPS) is 11.3. The van der Waals surface area contributed by atoms with Crippen LogP contribution in [0.15, 0.2) is 23.5 Å². The molecule has 9 heteroatoms. The van der Waals surface area contributed by atoms with Crippen LogP contribution in [0.3, 0.4) is 0 Å². The zero-order chi connectivity index (χ0) is 11.6. The molecule has 2 rings (SSSR count). The summed E-state index contributed by atoms with van der Waals surface area (Å²) in [6.45, 7) is 1.60. The molecule has 0 aliphatic rings. The van der Waals surface area contributed by atoms with Gasteiger partial charge in [0.1, 0.15) is 4.90 Å². The number of anilines is 1. The summed E-state index contributed by atoms with van der Waals surface area (Å²) >= 11 is 0. The number of aromatic nitrogens is 5. The average molecular weight is 240 g/mol. The second kappa shape index (κ2) is 3.85. The molecule has 2 aromatic heterocycles. The van der Waals surface area contributed by atoms with Crippen LogP contribution in [0.5, 0.6) is 0 Å². The largest absolute Gasteiger partial charge is 0.281 e. The highest BCUT2D eigenvalue weighted by molar-refractivity contribution is 7.92. The Morgan fingerprint density at radius 3 is 2.75 bits per heavy atom. The molecule has 2 N–H and O–H groups in total. The van der Waals surface area contributed by atoms with E-state index in [-0.39, 0.29) is 10.8 Å². The maximum atomic E-state index is 11.8. The molecular formula is C7H8N6O2S. The van der Waals surface area contributed by atoms with Gasteiger partial charge >= 0.3 is 0 Å². The van der Waals surface area contributed by atoms with Crippen molar-refractivity contribution in [1.29, 1.82) is 0 Å². The fourth-order valence-electron chi connectivity index (χ4n) is 1.08. The minimum atomic E-state index is -3.71. The molecule has 0 radical (unpaired) electrons. The van der Waals surface area contributed by atoms with Crippen molar-refractivity contribution < 1.29 is 8.42 Å². The van der Waals surface area contributed by atoms with Crippen molar-refractivity contribution in [3.63, 3.8) is 0 Å². The highest BCUT2D eigenvalue weighted by Crippen LogP contribution is 2.13. The molecule has 0 saturated carbocycles. The molecule has 0 atom stereocenters. The van der Waals surface area contributed by atoms with Crippen molar-refractivity contribution in [2.75, 3.05) is 4.72 Å². The van der Waals surface area contributed by atoms with E-state index in [1.807, 2.05) is 0 Å². The van der Waals surface area contributed by atoms with E-state index >= 15 is 0 Å². The van der Waals surface area contributed by atoms with E-state index in [9.17, 15) is 8.42 Å². The van der Waals surface area contributed by atoms with Gasteiger partial charge in [0.25, 0.3) is 16.0 Å². The highest BCUT2D eigenvalue weighted by atomic mass is 32.2. The molecule has 0 fully saturated rings. The van der Waals surface area contributed by atoms with Gasteiger partial charge in [0.05, 0.1) is 24.3 Å². The van der Waals surface area contributed by atoms with Crippen LogP contribution in [0.4, 0.5) is 5.95 Å². The third-order valence-electron chi connectivity index (χ3n) is 1.78. The fraction of sp³-hybridized carbons (Fsp3) is 0.143. The van der Waals surface area contributed by atoms with Crippen LogP contribution >= 0.6 is 0 Å². The number of hydrogen-bond acceptors (Lipinski definition) is 6. The lowest BCUT2D eigenvalue weighted by atomic mass is 10.5. The van der Waals surface area contributed by atoms with E-state index in [0.29, 0.717) is 5.69 Å². The molecule has 0 aromatic carbocycles. The second-order valence-corrected chi connectivity index (χ2v) is 4.58. The molecule has 0 unspecified atom stereocenters. The monoisotopic (exact) mass is 240 g/mol. The molecule has 2 aromatic rings. The number of nitrogens with zero attached hydrogens (tertiary/aromatic N) is 4. The Labute approximate surface area is 91.2 Å². The summed E-state index contributed by atoms with van der Waals surface area (Å²) in [5.41, 5.74) is 0.441. The minimum Gasteiger partial charge on any atom is -0.281 e. The molecule has 0 spiro atoms. The van der Waals surface area contributed by atoms with Gasteiger partial charge in [-0.15, -0.1) is 5.10 Å². The quantitative estimate of drug-likeness (QED) is 0.761. The van der Waals surface area contributed by atoms with Crippen molar-refractivity contribution in [3.05, 3.63) is 24.3 Å². The number of nitrogens with one attached hydrogen (secondary N) is 2. The number of sulfonamides is 1. The molecule has 0 aliphatic heterocycles. The van der Waals surface area contributed by atoms with Gasteiger partial charge in [0, 0.05) is 0 Å². The summed E-state index contributed by atoms with van der Waals surface area (Å²) in [4.78, 5) is 3.76. The lowest BCUT2D eigenvalue weighted by Crippen LogP contribution is -2.15. The lowest BCUT2D eigenvalue weighted by Gasteiger charge is -2.03. The maximum absolute atomic E-state index is 11.8. The Morgan fingerprint density at radius 1 is 1.38 bits per heavy atom. The molecular weight excluding hydrogens is 232 g/mol. The number of aromatic amines is 1. The van der Waals surface area contributed by atoms with Crippen LogP contribution in [-0.2, 0) is 10.0 Å². The van der Waals surface area contributed by atoms with Crippen molar-refractivity contribution in [3.8, 4) is 0 Å².